The van der Waals surface area contributed by atoms with Crippen LogP contribution in [0.1, 0.15) is 10.5 Å². The van der Waals surface area contributed by atoms with Crippen LogP contribution in [0.15, 0.2) is 12.1 Å². The van der Waals surface area contributed by atoms with Crippen LogP contribution in [-0.4, -0.2) is 63.3 Å². The fourth-order valence-corrected chi connectivity index (χ4v) is 2.86. The zero-order valence-corrected chi connectivity index (χ0v) is 12.9. The van der Waals surface area contributed by atoms with Crippen LogP contribution in [0.3, 0.4) is 0 Å². The van der Waals surface area contributed by atoms with Gasteiger partial charge in [0.25, 0.3) is 5.91 Å². The van der Waals surface area contributed by atoms with Gasteiger partial charge in [-0.2, -0.15) is 0 Å². The van der Waals surface area contributed by atoms with E-state index in [9.17, 15) is 14.9 Å². The van der Waals surface area contributed by atoms with Crippen molar-refractivity contribution in [2.45, 2.75) is 0 Å². The van der Waals surface area contributed by atoms with Crippen LogP contribution in [0, 0.1) is 10.1 Å². The lowest BCUT2D eigenvalue weighted by atomic mass is 10.3. The molecule has 1 aliphatic heterocycles. The van der Waals surface area contributed by atoms with Gasteiger partial charge in [-0.3, -0.25) is 9.69 Å². The number of piperazine rings is 1. The topological polar surface area (TPSA) is 71.6 Å². The number of hydrogen-bond donors (Lipinski definition) is 0. The van der Waals surface area contributed by atoms with Gasteiger partial charge in [-0.1, -0.05) is 15.9 Å². The zero-order valence-electron chi connectivity index (χ0n) is 11.3. The summed E-state index contributed by atoms with van der Waals surface area (Å²) in [6.07, 6.45) is 0. The van der Waals surface area contributed by atoms with E-state index in [1.807, 2.05) is 0 Å². The molecule has 0 radical (unpaired) electrons. The van der Waals surface area contributed by atoms with E-state index in [0.29, 0.717) is 18.8 Å². The first-order valence-corrected chi connectivity index (χ1v) is 7.54. The molecule has 1 saturated heterocycles. The smallest absolute Gasteiger partial charge is 0.323 e. The standard InChI is InChI=1S/C12H17BrN4O3/c1-14-10(2-3-11(14)17(19)20)12(18)16-8-6-15(5-4-13)7-9-16/h2-3H,4-9H2,1H3. The molecule has 0 bridgehead atoms. The van der Waals surface area contributed by atoms with Crippen LogP contribution in [0.2, 0.25) is 0 Å². The molecule has 8 heteroatoms. The Morgan fingerprint density at radius 3 is 2.50 bits per heavy atom. The lowest BCUT2D eigenvalue weighted by molar-refractivity contribution is -0.391. The molecule has 0 saturated carbocycles. The normalized spacial score (nSPS) is 16.4. The second-order valence-corrected chi connectivity index (χ2v) is 5.51. The van der Waals surface area contributed by atoms with Gasteiger partial charge in [-0.15, -0.1) is 0 Å². The lowest BCUT2D eigenvalue weighted by Crippen LogP contribution is -2.49. The number of carbonyl (C=O) groups is 1. The molecule has 20 heavy (non-hydrogen) atoms. The van der Waals surface area contributed by atoms with Crippen molar-refractivity contribution in [2.75, 3.05) is 38.1 Å². The number of carbonyl (C=O) groups excluding carboxylic acids is 1. The van der Waals surface area contributed by atoms with Crippen molar-refractivity contribution in [1.29, 1.82) is 0 Å². The highest BCUT2D eigenvalue weighted by Crippen LogP contribution is 2.17. The Labute approximate surface area is 125 Å². The first kappa shape index (κ1) is 15.0. The largest absolute Gasteiger partial charge is 0.358 e. The van der Waals surface area contributed by atoms with Gasteiger partial charge in [0.1, 0.15) is 0 Å². The summed E-state index contributed by atoms with van der Waals surface area (Å²) >= 11 is 3.40. The molecule has 1 aromatic heterocycles. The van der Waals surface area contributed by atoms with Crippen molar-refractivity contribution in [3.63, 3.8) is 0 Å². The van der Waals surface area contributed by atoms with Gasteiger partial charge >= 0.3 is 5.82 Å². The molecule has 2 rings (SSSR count). The second-order valence-electron chi connectivity index (χ2n) is 4.72. The van der Waals surface area contributed by atoms with Crippen molar-refractivity contribution < 1.29 is 9.72 Å². The van der Waals surface area contributed by atoms with E-state index in [1.54, 1.807) is 11.9 Å². The summed E-state index contributed by atoms with van der Waals surface area (Å²) in [5.41, 5.74) is 0.366. The van der Waals surface area contributed by atoms with Gasteiger partial charge in [-0.25, -0.2) is 4.57 Å². The molecule has 0 unspecified atom stereocenters. The molecular formula is C12H17BrN4O3. The Balaban J connectivity index is 2.04. The highest BCUT2D eigenvalue weighted by atomic mass is 79.9. The monoisotopic (exact) mass is 344 g/mol. The third-order valence-corrected chi connectivity index (χ3v) is 3.92. The van der Waals surface area contributed by atoms with Crippen molar-refractivity contribution in [3.8, 4) is 0 Å². The summed E-state index contributed by atoms with van der Waals surface area (Å²) in [5.74, 6) is -0.203. The number of amides is 1. The molecule has 1 fully saturated rings. The molecule has 1 amide bonds. The number of nitrogens with zero attached hydrogens (tertiary/aromatic N) is 4. The molecule has 0 spiro atoms. The van der Waals surface area contributed by atoms with Crippen molar-refractivity contribution >= 4 is 27.7 Å². The van der Waals surface area contributed by atoms with Crippen LogP contribution in [0.4, 0.5) is 5.82 Å². The number of nitro groups is 1. The van der Waals surface area contributed by atoms with Gasteiger partial charge in [0.05, 0.1) is 7.05 Å². The number of rotatable bonds is 4. The van der Waals surface area contributed by atoms with Crippen molar-refractivity contribution in [1.82, 2.24) is 14.4 Å². The molecule has 1 aliphatic rings. The second kappa shape index (κ2) is 6.36. The molecule has 0 atom stereocenters. The maximum Gasteiger partial charge on any atom is 0.323 e. The Hall–Kier alpha value is -1.41. The predicted molar refractivity (Wildman–Crippen MR) is 78.2 cm³/mol. The summed E-state index contributed by atoms with van der Waals surface area (Å²) < 4.78 is 1.34. The Morgan fingerprint density at radius 2 is 2.00 bits per heavy atom. The Morgan fingerprint density at radius 1 is 1.35 bits per heavy atom. The summed E-state index contributed by atoms with van der Waals surface area (Å²) in [4.78, 5) is 26.7. The maximum atomic E-state index is 12.4. The van der Waals surface area contributed by atoms with Crippen molar-refractivity contribution in [3.05, 3.63) is 27.9 Å². The number of hydrogen-bond acceptors (Lipinski definition) is 4. The van der Waals surface area contributed by atoms with E-state index in [-0.39, 0.29) is 11.7 Å². The lowest BCUT2D eigenvalue weighted by Gasteiger charge is -2.33. The van der Waals surface area contributed by atoms with E-state index in [2.05, 4.69) is 20.8 Å². The third kappa shape index (κ3) is 3.01. The summed E-state index contributed by atoms with van der Waals surface area (Å²) in [6.45, 7) is 3.96. The number of aromatic nitrogens is 1. The average molecular weight is 345 g/mol. The minimum atomic E-state index is -0.481. The highest BCUT2D eigenvalue weighted by molar-refractivity contribution is 9.09. The van der Waals surface area contributed by atoms with E-state index < -0.39 is 4.92 Å². The van der Waals surface area contributed by atoms with Crippen LogP contribution >= 0.6 is 15.9 Å². The van der Waals surface area contributed by atoms with Gasteiger partial charge in [0.15, 0.2) is 5.69 Å². The van der Waals surface area contributed by atoms with Crippen LogP contribution in [0.5, 0.6) is 0 Å². The third-order valence-electron chi connectivity index (χ3n) is 3.56. The molecule has 7 nitrogen and oxygen atoms in total. The van der Waals surface area contributed by atoms with Crippen LogP contribution in [-0.2, 0) is 7.05 Å². The molecule has 0 aromatic carbocycles. The predicted octanol–water partition coefficient (Wildman–Crippen LogP) is 1.09. The first-order valence-electron chi connectivity index (χ1n) is 6.42. The zero-order chi connectivity index (χ0) is 14.7. The van der Waals surface area contributed by atoms with Crippen LogP contribution < -0.4 is 0 Å². The van der Waals surface area contributed by atoms with E-state index >= 15 is 0 Å². The van der Waals surface area contributed by atoms with Gasteiger partial charge in [0.2, 0.25) is 0 Å². The molecule has 1 aromatic rings. The maximum absolute atomic E-state index is 12.4. The molecular weight excluding hydrogens is 328 g/mol. The fourth-order valence-electron chi connectivity index (χ4n) is 2.35. The molecule has 110 valence electrons. The van der Waals surface area contributed by atoms with Gasteiger partial charge in [-0.05, 0) is 11.0 Å². The van der Waals surface area contributed by atoms with Crippen molar-refractivity contribution in [2.24, 2.45) is 7.05 Å². The average Bonchev–Trinajstić information content (AvgIpc) is 2.81. The van der Waals surface area contributed by atoms with E-state index in [0.717, 1.165) is 25.0 Å². The Kier molecular flexibility index (Phi) is 4.77. The van der Waals surface area contributed by atoms with Gasteiger partial charge < -0.3 is 15.0 Å². The summed E-state index contributed by atoms with van der Waals surface area (Å²) in [6, 6.07) is 2.89. The summed E-state index contributed by atoms with van der Waals surface area (Å²) in [5, 5.41) is 11.7. The van der Waals surface area contributed by atoms with E-state index in [1.165, 1.54) is 16.7 Å². The number of alkyl halides is 1. The van der Waals surface area contributed by atoms with E-state index in [4.69, 9.17) is 0 Å². The minimum Gasteiger partial charge on any atom is -0.358 e. The Bertz CT molecular complexity index is 509. The first-order chi connectivity index (χ1) is 9.54. The van der Waals surface area contributed by atoms with Gasteiger partial charge in [0, 0.05) is 44.1 Å². The molecule has 2 heterocycles. The van der Waals surface area contributed by atoms with Crippen LogP contribution in [0.25, 0.3) is 0 Å². The molecule has 0 N–H and O–H groups in total. The number of halogens is 1. The summed E-state index contributed by atoms with van der Waals surface area (Å²) in [7, 11) is 1.55. The fraction of sp³-hybridized carbons (Fsp3) is 0.583. The minimum absolute atomic E-state index is 0.0636. The SMILES string of the molecule is Cn1c(C(=O)N2CCN(CCBr)CC2)ccc1[N+](=O)[O-]. The highest BCUT2D eigenvalue weighted by Gasteiger charge is 2.27. The quantitative estimate of drug-likeness (QED) is 0.465. The molecule has 0 aliphatic carbocycles.